The van der Waals surface area contributed by atoms with E-state index < -0.39 is 0 Å². The van der Waals surface area contributed by atoms with Crippen LogP contribution in [-0.4, -0.2) is 19.1 Å². The lowest BCUT2D eigenvalue weighted by atomic mass is 10.1. The molecule has 0 saturated carbocycles. The van der Waals surface area contributed by atoms with Crippen LogP contribution in [0.15, 0.2) is 16.8 Å². The number of thiophene rings is 1. The molecule has 1 aromatic heterocycles. The molecule has 2 nitrogen and oxygen atoms in total. The Labute approximate surface area is 90.5 Å². The van der Waals surface area contributed by atoms with Gasteiger partial charge < -0.3 is 11.1 Å². The Kier molecular flexibility index (Phi) is 5.15. The summed E-state index contributed by atoms with van der Waals surface area (Å²) in [6.45, 7) is 6.30. The fourth-order valence-electron chi connectivity index (χ4n) is 1.30. The molecule has 14 heavy (non-hydrogen) atoms. The van der Waals surface area contributed by atoms with Gasteiger partial charge >= 0.3 is 0 Å². The van der Waals surface area contributed by atoms with Gasteiger partial charge in [-0.2, -0.15) is 11.3 Å². The predicted molar refractivity (Wildman–Crippen MR) is 63.9 cm³/mol. The van der Waals surface area contributed by atoms with Gasteiger partial charge in [0.05, 0.1) is 0 Å². The highest BCUT2D eigenvalue weighted by Gasteiger charge is 2.05. The molecule has 0 spiro atoms. The van der Waals surface area contributed by atoms with E-state index in [-0.39, 0.29) is 0 Å². The third-order valence-corrected chi connectivity index (χ3v) is 3.20. The van der Waals surface area contributed by atoms with Gasteiger partial charge in [0, 0.05) is 19.1 Å². The van der Waals surface area contributed by atoms with Crippen molar-refractivity contribution in [3.05, 3.63) is 22.4 Å². The first-order chi connectivity index (χ1) is 6.74. The van der Waals surface area contributed by atoms with E-state index in [0.717, 1.165) is 19.5 Å². The monoisotopic (exact) mass is 212 g/mol. The largest absolute Gasteiger partial charge is 0.327 e. The first-order valence-corrected chi connectivity index (χ1v) is 6.16. The van der Waals surface area contributed by atoms with E-state index in [1.54, 1.807) is 11.3 Å². The molecule has 1 aromatic rings. The Balaban J connectivity index is 2.19. The Hall–Kier alpha value is -0.380. The summed E-state index contributed by atoms with van der Waals surface area (Å²) < 4.78 is 0. The molecule has 3 N–H and O–H groups in total. The zero-order valence-corrected chi connectivity index (χ0v) is 9.81. The number of nitrogens with one attached hydrogen (secondary N) is 1. The molecule has 0 aliphatic heterocycles. The van der Waals surface area contributed by atoms with Gasteiger partial charge in [0.25, 0.3) is 0 Å². The maximum Gasteiger partial charge on any atom is 0.0162 e. The van der Waals surface area contributed by atoms with E-state index in [0.29, 0.717) is 12.0 Å². The molecular weight excluding hydrogens is 192 g/mol. The SMILES string of the molecule is CCC(N)CNCC(C)c1ccsc1. The van der Waals surface area contributed by atoms with E-state index in [1.807, 2.05) is 0 Å². The molecule has 0 aliphatic carbocycles. The molecule has 0 radical (unpaired) electrons. The number of hydrogen-bond donors (Lipinski definition) is 2. The molecule has 1 rings (SSSR count). The van der Waals surface area contributed by atoms with Crippen LogP contribution in [0, 0.1) is 0 Å². The van der Waals surface area contributed by atoms with Crippen LogP contribution in [0.25, 0.3) is 0 Å². The predicted octanol–water partition coefficient (Wildman–Crippen LogP) is 2.18. The minimum Gasteiger partial charge on any atom is -0.327 e. The first-order valence-electron chi connectivity index (χ1n) is 5.22. The summed E-state index contributed by atoms with van der Waals surface area (Å²) in [7, 11) is 0. The van der Waals surface area contributed by atoms with Crippen molar-refractivity contribution in [2.75, 3.05) is 13.1 Å². The van der Waals surface area contributed by atoms with Gasteiger partial charge in [-0.05, 0) is 34.7 Å². The van der Waals surface area contributed by atoms with E-state index >= 15 is 0 Å². The van der Waals surface area contributed by atoms with Crippen LogP contribution in [0.5, 0.6) is 0 Å². The van der Waals surface area contributed by atoms with Crippen LogP contribution < -0.4 is 11.1 Å². The quantitative estimate of drug-likeness (QED) is 0.758. The molecule has 3 heteroatoms. The summed E-state index contributed by atoms with van der Waals surface area (Å²) in [6, 6.07) is 2.49. The Morgan fingerprint density at radius 3 is 2.86 bits per heavy atom. The van der Waals surface area contributed by atoms with Crippen molar-refractivity contribution in [2.45, 2.75) is 32.2 Å². The average Bonchev–Trinajstić information content (AvgIpc) is 2.70. The van der Waals surface area contributed by atoms with Gasteiger partial charge in [-0.15, -0.1) is 0 Å². The minimum absolute atomic E-state index is 0.296. The number of nitrogens with two attached hydrogens (primary N) is 1. The third-order valence-electron chi connectivity index (χ3n) is 2.49. The highest BCUT2D eigenvalue weighted by atomic mass is 32.1. The van der Waals surface area contributed by atoms with Crippen LogP contribution in [0.2, 0.25) is 0 Å². The highest BCUT2D eigenvalue weighted by molar-refractivity contribution is 7.07. The van der Waals surface area contributed by atoms with Gasteiger partial charge in [0.2, 0.25) is 0 Å². The van der Waals surface area contributed by atoms with Crippen molar-refractivity contribution in [2.24, 2.45) is 5.73 Å². The maximum atomic E-state index is 5.82. The Morgan fingerprint density at radius 2 is 2.29 bits per heavy atom. The molecule has 0 aromatic carbocycles. The third kappa shape index (κ3) is 3.78. The van der Waals surface area contributed by atoms with Gasteiger partial charge in [-0.25, -0.2) is 0 Å². The van der Waals surface area contributed by atoms with Crippen LogP contribution in [0.4, 0.5) is 0 Å². The van der Waals surface area contributed by atoms with Crippen molar-refractivity contribution in [1.82, 2.24) is 5.32 Å². The van der Waals surface area contributed by atoms with Crippen LogP contribution >= 0.6 is 11.3 Å². The molecule has 80 valence electrons. The summed E-state index contributed by atoms with van der Waals surface area (Å²) in [4.78, 5) is 0. The van der Waals surface area contributed by atoms with Gasteiger partial charge in [0.15, 0.2) is 0 Å². The molecular formula is C11H20N2S. The molecule has 2 unspecified atom stereocenters. The second-order valence-electron chi connectivity index (χ2n) is 3.78. The summed E-state index contributed by atoms with van der Waals surface area (Å²) in [5.74, 6) is 0.588. The van der Waals surface area contributed by atoms with E-state index in [9.17, 15) is 0 Å². The van der Waals surface area contributed by atoms with Gasteiger partial charge in [0.1, 0.15) is 0 Å². The second-order valence-corrected chi connectivity index (χ2v) is 4.56. The maximum absolute atomic E-state index is 5.82. The average molecular weight is 212 g/mol. The molecule has 1 heterocycles. The zero-order chi connectivity index (χ0) is 10.4. The fourth-order valence-corrected chi connectivity index (χ4v) is 2.09. The van der Waals surface area contributed by atoms with E-state index in [4.69, 9.17) is 5.73 Å². The van der Waals surface area contributed by atoms with Crippen molar-refractivity contribution >= 4 is 11.3 Å². The summed E-state index contributed by atoms with van der Waals surface area (Å²) in [6.07, 6.45) is 1.04. The van der Waals surface area contributed by atoms with Gasteiger partial charge in [-0.1, -0.05) is 13.8 Å². The first kappa shape index (κ1) is 11.7. The zero-order valence-electron chi connectivity index (χ0n) is 8.99. The fraction of sp³-hybridized carbons (Fsp3) is 0.636. The van der Waals surface area contributed by atoms with Crippen LogP contribution in [0.1, 0.15) is 31.7 Å². The van der Waals surface area contributed by atoms with Crippen LogP contribution in [0.3, 0.4) is 0 Å². The van der Waals surface area contributed by atoms with Crippen molar-refractivity contribution in [1.29, 1.82) is 0 Å². The lowest BCUT2D eigenvalue weighted by molar-refractivity contribution is 0.540. The lowest BCUT2D eigenvalue weighted by Crippen LogP contribution is -2.34. The minimum atomic E-state index is 0.296. The molecule has 2 atom stereocenters. The summed E-state index contributed by atoms with van der Waals surface area (Å²) >= 11 is 1.76. The van der Waals surface area contributed by atoms with E-state index in [1.165, 1.54) is 5.56 Å². The molecule has 0 amide bonds. The summed E-state index contributed by atoms with van der Waals surface area (Å²) in [5, 5.41) is 7.75. The highest BCUT2D eigenvalue weighted by Crippen LogP contribution is 2.16. The molecule has 0 bridgehead atoms. The normalized spacial score (nSPS) is 15.4. The van der Waals surface area contributed by atoms with Crippen molar-refractivity contribution < 1.29 is 0 Å². The number of hydrogen-bond acceptors (Lipinski definition) is 3. The molecule has 0 fully saturated rings. The van der Waals surface area contributed by atoms with Crippen LogP contribution in [-0.2, 0) is 0 Å². The standard InChI is InChI=1S/C11H20N2S/c1-3-11(12)7-13-6-9(2)10-4-5-14-8-10/h4-5,8-9,11,13H,3,6-7,12H2,1-2H3. The molecule has 0 aliphatic rings. The Bertz CT molecular complexity index is 233. The smallest absolute Gasteiger partial charge is 0.0162 e. The summed E-state index contributed by atoms with van der Waals surface area (Å²) in [5.41, 5.74) is 7.24. The Morgan fingerprint density at radius 1 is 1.50 bits per heavy atom. The molecule has 0 saturated heterocycles. The van der Waals surface area contributed by atoms with Crippen molar-refractivity contribution in [3.8, 4) is 0 Å². The topological polar surface area (TPSA) is 38.0 Å². The number of rotatable bonds is 6. The van der Waals surface area contributed by atoms with Crippen molar-refractivity contribution in [3.63, 3.8) is 0 Å². The van der Waals surface area contributed by atoms with Gasteiger partial charge in [-0.3, -0.25) is 0 Å². The lowest BCUT2D eigenvalue weighted by Gasteiger charge is -2.14. The van der Waals surface area contributed by atoms with E-state index in [2.05, 4.69) is 36.0 Å². The second kappa shape index (κ2) is 6.17.